The highest BCUT2D eigenvalue weighted by atomic mass is 35.5. The van der Waals surface area contributed by atoms with Gasteiger partial charge in [0.2, 0.25) is 5.91 Å². The minimum atomic E-state index is -0.356. The maximum absolute atomic E-state index is 11.9. The molecule has 114 valence electrons. The SMILES string of the molecule is NC(=O)CCCNC(=O)NC1CCSc2ccc(Cl)cc21. The highest BCUT2D eigenvalue weighted by molar-refractivity contribution is 7.99. The highest BCUT2D eigenvalue weighted by Crippen LogP contribution is 2.37. The van der Waals surface area contributed by atoms with E-state index in [2.05, 4.69) is 10.6 Å². The molecule has 0 bridgehead atoms. The maximum atomic E-state index is 11.9. The first-order valence-electron chi connectivity index (χ1n) is 6.81. The third-order valence-corrected chi connectivity index (χ3v) is 4.56. The molecule has 1 aliphatic heterocycles. The Morgan fingerprint density at radius 1 is 1.43 bits per heavy atom. The summed E-state index contributed by atoms with van der Waals surface area (Å²) in [6, 6.07) is 5.49. The van der Waals surface area contributed by atoms with Crippen molar-refractivity contribution in [2.45, 2.75) is 30.2 Å². The number of carbonyl (C=O) groups is 2. The molecule has 2 rings (SSSR count). The molecule has 7 heteroatoms. The zero-order chi connectivity index (χ0) is 15.2. The van der Waals surface area contributed by atoms with Crippen molar-refractivity contribution in [2.24, 2.45) is 5.73 Å². The summed E-state index contributed by atoms with van der Waals surface area (Å²) in [7, 11) is 0. The number of urea groups is 1. The van der Waals surface area contributed by atoms with E-state index in [1.807, 2.05) is 18.2 Å². The van der Waals surface area contributed by atoms with E-state index in [1.54, 1.807) is 11.8 Å². The number of amides is 3. The van der Waals surface area contributed by atoms with Crippen LogP contribution in [0.15, 0.2) is 23.1 Å². The second-order valence-corrected chi connectivity index (χ2v) is 6.42. The summed E-state index contributed by atoms with van der Waals surface area (Å²) in [5, 5.41) is 6.36. The van der Waals surface area contributed by atoms with Gasteiger partial charge in [-0.3, -0.25) is 4.79 Å². The van der Waals surface area contributed by atoms with Crippen LogP contribution in [0.3, 0.4) is 0 Å². The lowest BCUT2D eigenvalue weighted by atomic mass is 10.0. The fourth-order valence-electron chi connectivity index (χ4n) is 2.19. The lowest BCUT2D eigenvalue weighted by Gasteiger charge is -2.26. The Morgan fingerprint density at radius 3 is 3.00 bits per heavy atom. The first-order valence-corrected chi connectivity index (χ1v) is 8.17. The smallest absolute Gasteiger partial charge is 0.315 e. The number of nitrogens with two attached hydrogens (primary N) is 1. The zero-order valence-corrected chi connectivity index (χ0v) is 13.1. The summed E-state index contributed by atoms with van der Waals surface area (Å²) in [5.74, 6) is 0.603. The number of benzene rings is 1. The van der Waals surface area contributed by atoms with Crippen molar-refractivity contribution in [2.75, 3.05) is 12.3 Å². The van der Waals surface area contributed by atoms with Crippen molar-refractivity contribution < 1.29 is 9.59 Å². The van der Waals surface area contributed by atoms with Gasteiger partial charge < -0.3 is 16.4 Å². The average molecular weight is 328 g/mol. The van der Waals surface area contributed by atoms with Crippen LogP contribution >= 0.6 is 23.4 Å². The van der Waals surface area contributed by atoms with Crippen molar-refractivity contribution in [3.8, 4) is 0 Å². The van der Waals surface area contributed by atoms with E-state index < -0.39 is 0 Å². The van der Waals surface area contributed by atoms with E-state index in [-0.39, 0.29) is 24.4 Å². The molecule has 1 aliphatic rings. The molecule has 0 radical (unpaired) electrons. The van der Waals surface area contributed by atoms with Crippen LogP contribution in [-0.2, 0) is 4.79 Å². The quantitative estimate of drug-likeness (QED) is 0.726. The van der Waals surface area contributed by atoms with Gasteiger partial charge in [0.1, 0.15) is 0 Å². The molecule has 0 fully saturated rings. The Morgan fingerprint density at radius 2 is 2.24 bits per heavy atom. The molecule has 0 spiro atoms. The predicted octanol–water partition coefficient (Wildman–Crippen LogP) is 2.44. The van der Waals surface area contributed by atoms with Gasteiger partial charge in [0.05, 0.1) is 6.04 Å². The summed E-state index contributed by atoms with van der Waals surface area (Å²) in [4.78, 5) is 23.6. The molecule has 4 N–H and O–H groups in total. The van der Waals surface area contributed by atoms with E-state index in [1.165, 1.54) is 0 Å². The number of primary amides is 1. The molecule has 1 aromatic carbocycles. The molecular weight excluding hydrogens is 310 g/mol. The Hall–Kier alpha value is -1.40. The van der Waals surface area contributed by atoms with Crippen LogP contribution in [0, 0.1) is 0 Å². The van der Waals surface area contributed by atoms with Crippen molar-refractivity contribution in [3.05, 3.63) is 28.8 Å². The zero-order valence-electron chi connectivity index (χ0n) is 11.5. The second kappa shape index (κ2) is 7.56. The van der Waals surface area contributed by atoms with Gasteiger partial charge in [-0.2, -0.15) is 0 Å². The number of rotatable bonds is 5. The van der Waals surface area contributed by atoms with E-state index in [9.17, 15) is 9.59 Å². The third kappa shape index (κ3) is 4.82. The van der Waals surface area contributed by atoms with Crippen molar-refractivity contribution in [3.63, 3.8) is 0 Å². The largest absolute Gasteiger partial charge is 0.370 e. The van der Waals surface area contributed by atoms with Crippen LogP contribution in [0.25, 0.3) is 0 Å². The lowest BCUT2D eigenvalue weighted by Crippen LogP contribution is -2.39. The monoisotopic (exact) mass is 327 g/mol. The summed E-state index contributed by atoms with van der Waals surface area (Å²) in [5.41, 5.74) is 6.11. The maximum Gasteiger partial charge on any atom is 0.315 e. The molecule has 0 aliphatic carbocycles. The van der Waals surface area contributed by atoms with E-state index in [0.717, 1.165) is 22.6 Å². The number of nitrogens with one attached hydrogen (secondary N) is 2. The van der Waals surface area contributed by atoms with Gasteiger partial charge >= 0.3 is 6.03 Å². The number of carbonyl (C=O) groups excluding carboxylic acids is 2. The summed E-state index contributed by atoms with van der Waals surface area (Å²) in [6.07, 6.45) is 1.69. The number of hydrogen-bond acceptors (Lipinski definition) is 3. The number of fused-ring (bicyclic) bond motifs is 1. The first kappa shape index (κ1) is 16.0. The number of thioether (sulfide) groups is 1. The molecule has 0 saturated heterocycles. The minimum absolute atomic E-state index is 0.0314. The minimum Gasteiger partial charge on any atom is -0.370 e. The Labute approximate surface area is 133 Å². The highest BCUT2D eigenvalue weighted by Gasteiger charge is 2.22. The molecule has 0 aromatic heterocycles. The van der Waals surface area contributed by atoms with Gasteiger partial charge in [-0.15, -0.1) is 11.8 Å². The van der Waals surface area contributed by atoms with Crippen LogP contribution in [0.5, 0.6) is 0 Å². The molecule has 1 unspecified atom stereocenters. The van der Waals surface area contributed by atoms with Crippen LogP contribution in [0.1, 0.15) is 30.9 Å². The molecule has 1 heterocycles. The average Bonchev–Trinajstić information content (AvgIpc) is 2.44. The van der Waals surface area contributed by atoms with Crippen molar-refractivity contribution >= 4 is 35.3 Å². The van der Waals surface area contributed by atoms with Gasteiger partial charge in [0, 0.05) is 28.6 Å². The lowest BCUT2D eigenvalue weighted by molar-refractivity contribution is -0.118. The van der Waals surface area contributed by atoms with Gasteiger partial charge in [0.25, 0.3) is 0 Å². The molecular formula is C14H18ClN3O2S. The van der Waals surface area contributed by atoms with Gasteiger partial charge in [-0.05, 0) is 36.6 Å². The van der Waals surface area contributed by atoms with E-state index in [0.29, 0.717) is 18.0 Å². The van der Waals surface area contributed by atoms with Crippen LogP contribution in [-0.4, -0.2) is 24.2 Å². The predicted molar refractivity (Wildman–Crippen MR) is 84.5 cm³/mol. The van der Waals surface area contributed by atoms with Gasteiger partial charge in [0.15, 0.2) is 0 Å². The normalized spacial score (nSPS) is 16.9. The Bertz CT molecular complexity index is 539. The fourth-order valence-corrected chi connectivity index (χ4v) is 3.48. The number of hydrogen-bond donors (Lipinski definition) is 3. The molecule has 1 atom stereocenters. The first-order chi connectivity index (χ1) is 10.1. The van der Waals surface area contributed by atoms with Crippen LogP contribution in [0.2, 0.25) is 5.02 Å². The van der Waals surface area contributed by atoms with Gasteiger partial charge in [-0.25, -0.2) is 4.79 Å². The summed E-state index contributed by atoms with van der Waals surface area (Å²) >= 11 is 7.80. The van der Waals surface area contributed by atoms with Gasteiger partial charge in [-0.1, -0.05) is 11.6 Å². The second-order valence-electron chi connectivity index (χ2n) is 4.84. The number of halogens is 1. The van der Waals surface area contributed by atoms with Crippen LogP contribution in [0.4, 0.5) is 4.79 Å². The fraction of sp³-hybridized carbons (Fsp3) is 0.429. The summed E-state index contributed by atoms with van der Waals surface area (Å²) < 4.78 is 0. The molecule has 5 nitrogen and oxygen atoms in total. The molecule has 21 heavy (non-hydrogen) atoms. The van der Waals surface area contributed by atoms with Crippen molar-refractivity contribution in [1.82, 2.24) is 10.6 Å². The summed E-state index contributed by atoms with van der Waals surface area (Å²) in [6.45, 7) is 0.429. The van der Waals surface area contributed by atoms with Crippen LogP contribution < -0.4 is 16.4 Å². The Kier molecular flexibility index (Phi) is 5.76. The topological polar surface area (TPSA) is 84.2 Å². The van der Waals surface area contributed by atoms with E-state index in [4.69, 9.17) is 17.3 Å². The Balaban J connectivity index is 1.88. The van der Waals surface area contributed by atoms with E-state index >= 15 is 0 Å². The third-order valence-electron chi connectivity index (χ3n) is 3.20. The molecule has 0 saturated carbocycles. The standard InChI is InChI=1S/C14H18ClN3O2S/c15-9-3-4-12-10(8-9)11(5-7-21-12)18-14(20)17-6-1-2-13(16)19/h3-4,8,11H,1-2,5-7H2,(H2,16,19)(H2,17,18,20). The molecule has 3 amide bonds. The van der Waals surface area contributed by atoms with Crippen molar-refractivity contribution in [1.29, 1.82) is 0 Å². The molecule has 1 aromatic rings.